The first-order valence-corrected chi connectivity index (χ1v) is 12.7. The van der Waals surface area contributed by atoms with Crippen molar-refractivity contribution in [3.8, 4) is 23.7 Å². The fourth-order valence-electron chi connectivity index (χ4n) is 4.00. The molecule has 0 saturated heterocycles. The molecule has 0 aliphatic carbocycles. The van der Waals surface area contributed by atoms with Crippen molar-refractivity contribution in [3.63, 3.8) is 0 Å². The monoisotopic (exact) mass is 472 g/mol. The van der Waals surface area contributed by atoms with Crippen molar-refractivity contribution in [1.82, 2.24) is 0 Å². The van der Waals surface area contributed by atoms with E-state index < -0.39 is 0 Å². The van der Waals surface area contributed by atoms with Crippen LogP contribution in [0.15, 0.2) is 46.9 Å². The van der Waals surface area contributed by atoms with Gasteiger partial charge >= 0.3 is 0 Å². The second-order valence-electron chi connectivity index (χ2n) is 8.21. The molecule has 3 rings (SSSR count). The number of hydrogen-bond acceptors (Lipinski definition) is 0. The lowest BCUT2D eigenvalue weighted by atomic mass is 9.92. The van der Waals surface area contributed by atoms with Gasteiger partial charge in [0, 0.05) is 33.8 Å². The first-order valence-electron chi connectivity index (χ1n) is 11.9. The zero-order valence-electron chi connectivity index (χ0n) is 19.0. The lowest BCUT2D eigenvalue weighted by Crippen LogP contribution is -1.91. The van der Waals surface area contributed by atoms with Crippen molar-refractivity contribution in [1.29, 1.82) is 0 Å². The fourth-order valence-corrected chi connectivity index (χ4v) is 4.36. The summed E-state index contributed by atoms with van der Waals surface area (Å²) >= 11 is 3.67. The van der Waals surface area contributed by atoms with Crippen LogP contribution in [0.4, 0.5) is 0 Å². The summed E-state index contributed by atoms with van der Waals surface area (Å²) in [6.07, 6.45) is 12.0. The number of rotatable bonds is 8. The van der Waals surface area contributed by atoms with Gasteiger partial charge in [0.1, 0.15) is 0 Å². The minimum Gasteiger partial charge on any atom is -0.0978 e. The Bertz CT molecular complexity index is 1130. The van der Waals surface area contributed by atoms with E-state index in [9.17, 15) is 0 Å². The van der Waals surface area contributed by atoms with Crippen LogP contribution in [-0.2, 0) is 0 Å². The fraction of sp³-hybridized carbons (Fsp3) is 0.400. The summed E-state index contributed by atoms with van der Waals surface area (Å²) < 4.78 is 1.08. The molecule has 0 aliphatic heterocycles. The Kier molecular flexibility index (Phi) is 9.52. The zero-order valence-corrected chi connectivity index (χ0v) is 20.6. The van der Waals surface area contributed by atoms with E-state index in [4.69, 9.17) is 0 Å². The minimum atomic E-state index is 0.961. The smallest absolute Gasteiger partial charge is 0.0403 e. The van der Waals surface area contributed by atoms with Gasteiger partial charge in [-0.3, -0.25) is 0 Å². The average molecular weight is 473 g/mol. The Morgan fingerprint density at radius 1 is 0.613 bits per heavy atom. The molecule has 0 radical (unpaired) electrons. The van der Waals surface area contributed by atoms with E-state index >= 15 is 0 Å². The molecule has 0 nitrogen and oxygen atoms in total. The Labute approximate surface area is 196 Å². The van der Waals surface area contributed by atoms with Gasteiger partial charge in [0.15, 0.2) is 0 Å². The first kappa shape index (κ1) is 23.4. The normalized spacial score (nSPS) is 10.5. The summed E-state index contributed by atoms with van der Waals surface area (Å²) in [4.78, 5) is 0. The van der Waals surface area contributed by atoms with E-state index in [1.807, 2.05) is 0 Å². The van der Waals surface area contributed by atoms with Gasteiger partial charge < -0.3 is 0 Å². The van der Waals surface area contributed by atoms with Gasteiger partial charge in [0.05, 0.1) is 0 Å². The molecule has 3 aromatic carbocycles. The average Bonchev–Trinajstić information content (AvgIpc) is 2.79. The second kappa shape index (κ2) is 12.6. The third kappa shape index (κ3) is 6.38. The molecule has 0 N–H and O–H groups in total. The van der Waals surface area contributed by atoms with Gasteiger partial charge in [-0.1, -0.05) is 122 Å². The van der Waals surface area contributed by atoms with Gasteiger partial charge in [-0.2, -0.15) is 0 Å². The summed E-state index contributed by atoms with van der Waals surface area (Å²) in [5.41, 5.74) is 2.28. The molecule has 0 spiro atoms. The van der Waals surface area contributed by atoms with Crippen molar-refractivity contribution < 1.29 is 0 Å². The van der Waals surface area contributed by atoms with Gasteiger partial charge in [0.2, 0.25) is 0 Å². The Hall–Kier alpha value is -2.22. The highest BCUT2D eigenvalue weighted by Gasteiger charge is 2.12. The van der Waals surface area contributed by atoms with Crippen LogP contribution in [0.5, 0.6) is 0 Å². The highest BCUT2D eigenvalue weighted by Crippen LogP contribution is 2.34. The Morgan fingerprint density at radius 2 is 1.13 bits per heavy atom. The van der Waals surface area contributed by atoms with Crippen LogP contribution in [-0.4, -0.2) is 0 Å². The summed E-state index contributed by atoms with van der Waals surface area (Å²) in [5.74, 6) is 14.0. The van der Waals surface area contributed by atoms with Gasteiger partial charge in [0.25, 0.3) is 0 Å². The predicted octanol–water partition coefficient (Wildman–Crippen LogP) is 9.40. The van der Waals surface area contributed by atoms with E-state index in [0.717, 1.165) is 28.4 Å². The molecule has 0 amide bonds. The number of unbranched alkanes of at least 4 members (excludes halogenated alkanes) is 8. The maximum Gasteiger partial charge on any atom is 0.0403 e. The Balaban J connectivity index is 2.04. The van der Waals surface area contributed by atoms with Crippen LogP contribution in [0.3, 0.4) is 0 Å². The van der Waals surface area contributed by atoms with Crippen molar-refractivity contribution in [2.45, 2.75) is 78.1 Å². The number of hydrogen-bond donors (Lipinski definition) is 0. The lowest BCUT2D eigenvalue weighted by Gasteiger charge is -2.11. The van der Waals surface area contributed by atoms with Crippen molar-refractivity contribution >= 4 is 37.5 Å². The number of benzene rings is 3. The van der Waals surface area contributed by atoms with Crippen LogP contribution in [0.2, 0.25) is 0 Å². The minimum absolute atomic E-state index is 0.961. The summed E-state index contributed by atoms with van der Waals surface area (Å²) in [6, 6.07) is 15.1. The van der Waals surface area contributed by atoms with Crippen molar-refractivity contribution in [3.05, 3.63) is 58.1 Å². The van der Waals surface area contributed by atoms with Crippen molar-refractivity contribution in [2.75, 3.05) is 0 Å². The van der Waals surface area contributed by atoms with E-state index in [1.54, 1.807) is 0 Å². The van der Waals surface area contributed by atoms with Crippen LogP contribution >= 0.6 is 15.9 Å². The molecule has 0 aromatic heterocycles. The second-order valence-corrected chi connectivity index (χ2v) is 9.13. The highest BCUT2D eigenvalue weighted by atomic mass is 79.9. The van der Waals surface area contributed by atoms with E-state index in [1.165, 1.54) is 72.9 Å². The molecule has 0 fully saturated rings. The van der Waals surface area contributed by atoms with Gasteiger partial charge in [-0.25, -0.2) is 0 Å². The summed E-state index contributed by atoms with van der Waals surface area (Å²) in [5, 5.41) is 4.83. The molecule has 0 bridgehead atoms. The third-order valence-corrected chi connectivity index (χ3v) is 6.22. The largest absolute Gasteiger partial charge is 0.0978 e. The molecule has 31 heavy (non-hydrogen) atoms. The SMILES string of the molecule is CCCCCCC#Cc1c2ccccc2c(C#CCCCCCC)c2cc(Br)ccc12. The first-order chi connectivity index (χ1) is 15.3. The maximum absolute atomic E-state index is 3.67. The molecule has 1 heteroatoms. The topological polar surface area (TPSA) is 0 Å². The molecular weight excluding hydrogens is 440 g/mol. The van der Waals surface area contributed by atoms with E-state index in [0.29, 0.717) is 0 Å². The van der Waals surface area contributed by atoms with E-state index in [-0.39, 0.29) is 0 Å². The molecule has 0 atom stereocenters. The van der Waals surface area contributed by atoms with Crippen LogP contribution in [0, 0.1) is 23.7 Å². The molecule has 160 valence electrons. The molecule has 0 saturated carbocycles. The number of halogens is 1. The quantitative estimate of drug-likeness (QED) is 0.174. The third-order valence-electron chi connectivity index (χ3n) is 5.72. The highest BCUT2D eigenvalue weighted by molar-refractivity contribution is 9.10. The molecular formula is C30H33Br. The van der Waals surface area contributed by atoms with Crippen LogP contribution < -0.4 is 0 Å². The standard InChI is InChI=1S/C30H33Br/c1-3-5-7-9-11-13-17-27-25-19-15-16-20-26(25)28(18-14-12-10-8-6-4-2)30-23-24(31)21-22-29(27)30/h15-16,19-23H,3-12H2,1-2H3. The predicted molar refractivity (Wildman–Crippen MR) is 140 cm³/mol. The zero-order chi connectivity index (χ0) is 21.9. The van der Waals surface area contributed by atoms with E-state index in [2.05, 4.69) is 95.9 Å². The number of fused-ring (bicyclic) bond motifs is 2. The van der Waals surface area contributed by atoms with Gasteiger partial charge in [-0.05, 0) is 41.1 Å². The summed E-state index contributed by atoms with van der Waals surface area (Å²) in [6.45, 7) is 4.50. The van der Waals surface area contributed by atoms with Crippen LogP contribution in [0.25, 0.3) is 21.5 Å². The van der Waals surface area contributed by atoms with Gasteiger partial charge in [-0.15, -0.1) is 0 Å². The molecule has 3 aromatic rings. The maximum atomic E-state index is 3.67. The van der Waals surface area contributed by atoms with Crippen LogP contribution in [0.1, 0.15) is 89.2 Å². The van der Waals surface area contributed by atoms with Crippen molar-refractivity contribution in [2.24, 2.45) is 0 Å². The molecule has 0 aliphatic rings. The summed E-state index contributed by atoms with van der Waals surface area (Å²) in [7, 11) is 0. The Morgan fingerprint density at radius 3 is 1.68 bits per heavy atom. The molecule has 0 unspecified atom stereocenters. The molecule has 0 heterocycles. The lowest BCUT2D eigenvalue weighted by molar-refractivity contribution is 0.679.